The summed E-state index contributed by atoms with van der Waals surface area (Å²) in [6.45, 7) is 12.5. The fourth-order valence-electron chi connectivity index (χ4n) is 3.60. The van der Waals surface area contributed by atoms with E-state index in [2.05, 4.69) is 6.92 Å². The lowest BCUT2D eigenvalue weighted by Gasteiger charge is -2.23. The van der Waals surface area contributed by atoms with E-state index in [1.165, 1.54) is 0 Å². The van der Waals surface area contributed by atoms with Gasteiger partial charge in [0, 0.05) is 12.0 Å². The molecule has 3 aromatic rings. The molecule has 0 fully saturated rings. The van der Waals surface area contributed by atoms with Gasteiger partial charge in [-0.3, -0.25) is 9.59 Å². The van der Waals surface area contributed by atoms with E-state index in [1.54, 1.807) is 0 Å². The van der Waals surface area contributed by atoms with Crippen LogP contribution in [-0.2, 0) is 11.2 Å². The van der Waals surface area contributed by atoms with Gasteiger partial charge in [-0.1, -0.05) is 43.3 Å². The van der Waals surface area contributed by atoms with E-state index in [-0.39, 0.29) is 24.0 Å². The van der Waals surface area contributed by atoms with Crippen LogP contribution >= 0.6 is 0 Å². The fourth-order valence-corrected chi connectivity index (χ4v) is 3.60. The van der Waals surface area contributed by atoms with Gasteiger partial charge in [0.25, 0.3) is 6.47 Å². The van der Waals surface area contributed by atoms with Crippen molar-refractivity contribution in [1.82, 2.24) is 0 Å². The van der Waals surface area contributed by atoms with E-state index >= 15 is 0 Å². The van der Waals surface area contributed by atoms with Gasteiger partial charge in [-0.2, -0.15) is 0 Å². The maximum Gasteiger partial charge on any atom is 0.290 e. The minimum Gasteiger partial charge on any atom is -0.493 e. The van der Waals surface area contributed by atoms with Crippen molar-refractivity contribution >= 4 is 12.3 Å². The quantitative estimate of drug-likeness (QED) is 0.238. The molecule has 6 heteroatoms. The van der Waals surface area contributed by atoms with Crippen molar-refractivity contribution < 1.29 is 28.9 Å². The Morgan fingerprint density at radius 1 is 1.00 bits per heavy atom. The molecule has 0 bridgehead atoms. The summed E-state index contributed by atoms with van der Waals surface area (Å²) in [6, 6.07) is 21.1. The van der Waals surface area contributed by atoms with Crippen LogP contribution in [0.5, 0.6) is 17.2 Å². The summed E-state index contributed by atoms with van der Waals surface area (Å²) < 4.78 is 18.1. The highest BCUT2D eigenvalue weighted by molar-refractivity contribution is 6.10. The topological polar surface area (TPSA) is 82.1 Å². The highest BCUT2D eigenvalue weighted by Crippen LogP contribution is 2.28. The average molecular weight is 507 g/mol. The third-order valence-corrected chi connectivity index (χ3v) is 5.42. The average Bonchev–Trinajstić information content (AvgIpc) is 2.86. The molecule has 1 N–H and O–H groups in total. The van der Waals surface area contributed by atoms with Crippen molar-refractivity contribution in [2.45, 2.75) is 66.1 Å². The Morgan fingerprint density at radius 2 is 1.65 bits per heavy atom. The van der Waals surface area contributed by atoms with Gasteiger partial charge in [-0.15, -0.1) is 0 Å². The van der Waals surface area contributed by atoms with Gasteiger partial charge in [0.2, 0.25) is 0 Å². The second-order valence-corrected chi connectivity index (χ2v) is 9.69. The van der Waals surface area contributed by atoms with Crippen LogP contribution in [0.15, 0.2) is 66.7 Å². The van der Waals surface area contributed by atoms with Crippen molar-refractivity contribution in [1.29, 1.82) is 0 Å². The van der Waals surface area contributed by atoms with Gasteiger partial charge >= 0.3 is 0 Å². The highest BCUT2D eigenvalue weighted by atomic mass is 16.5. The van der Waals surface area contributed by atoms with E-state index in [4.69, 9.17) is 24.1 Å². The molecule has 0 spiro atoms. The standard InChI is InChI=1S/C30H36O4.CH2O2/c1-7-23-13-15-28(26(20-23)29(31)24-11-9-8-10-12-24)33-22(3)17-18-32-25-14-16-27(21(2)19-25)34-30(4,5)6;2-1-3/h8-16,19-20,22H,7,17-18H2,1-6H3;1H,(H,2,3). The third-order valence-electron chi connectivity index (χ3n) is 5.42. The van der Waals surface area contributed by atoms with Crippen LogP contribution in [0.4, 0.5) is 0 Å². The van der Waals surface area contributed by atoms with Crippen LogP contribution in [0.3, 0.4) is 0 Å². The number of aryl methyl sites for hydroxylation is 2. The van der Waals surface area contributed by atoms with Crippen LogP contribution in [0.2, 0.25) is 0 Å². The molecule has 0 saturated heterocycles. The lowest BCUT2D eigenvalue weighted by Crippen LogP contribution is -2.23. The second kappa shape index (κ2) is 14.1. The predicted molar refractivity (Wildman–Crippen MR) is 146 cm³/mol. The van der Waals surface area contributed by atoms with Crippen LogP contribution in [0.1, 0.15) is 68.1 Å². The molecule has 0 aromatic heterocycles. The number of ether oxygens (including phenoxy) is 3. The molecule has 0 aliphatic heterocycles. The zero-order valence-electron chi connectivity index (χ0n) is 22.6. The number of carbonyl (C=O) groups is 2. The fraction of sp³-hybridized carbons (Fsp3) is 0.355. The Hall–Kier alpha value is -3.80. The smallest absolute Gasteiger partial charge is 0.290 e. The first-order chi connectivity index (χ1) is 17.6. The Labute approximate surface area is 220 Å². The van der Waals surface area contributed by atoms with Crippen LogP contribution in [0, 0.1) is 6.92 Å². The van der Waals surface area contributed by atoms with E-state index in [0.29, 0.717) is 29.9 Å². The Kier molecular flexibility index (Phi) is 11.2. The largest absolute Gasteiger partial charge is 0.493 e. The van der Waals surface area contributed by atoms with Gasteiger partial charge in [0.05, 0.1) is 18.3 Å². The van der Waals surface area contributed by atoms with Gasteiger partial charge in [-0.05, 0) is 82.5 Å². The number of carboxylic acid groups (broad SMARTS) is 1. The van der Waals surface area contributed by atoms with Crippen molar-refractivity contribution in [2.75, 3.05) is 6.61 Å². The van der Waals surface area contributed by atoms with Crippen molar-refractivity contribution in [3.8, 4) is 17.2 Å². The molecule has 37 heavy (non-hydrogen) atoms. The maximum absolute atomic E-state index is 13.1. The first-order valence-electron chi connectivity index (χ1n) is 12.5. The summed E-state index contributed by atoms with van der Waals surface area (Å²) in [6.07, 6.45) is 1.44. The zero-order valence-corrected chi connectivity index (χ0v) is 22.6. The van der Waals surface area contributed by atoms with Crippen molar-refractivity contribution in [2.24, 2.45) is 0 Å². The normalized spacial score (nSPS) is 11.5. The molecular weight excluding hydrogens is 468 g/mol. The lowest BCUT2D eigenvalue weighted by molar-refractivity contribution is -0.122. The van der Waals surface area contributed by atoms with E-state index in [9.17, 15) is 4.79 Å². The van der Waals surface area contributed by atoms with Crippen molar-refractivity contribution in [3.05, 3.63) is 89.0 Å². The van der Waals surface area contributed by atoms with Gasteiger partial charge < -0.3 is 19.3 Å². The predicted octanol–water partition coefficient (Wildman–Crippen LogP) is 6.90. The summed E-state index contributed by atoms with van der Waals surface area (Å²) >= 11 is 0. The number of hydrogen-bond acceptors (Lipinski definition) is 5. The Balaban J connectivity index is 0.00000153. The molecular formula is C31H38O6. The minimum absolute atomic E-state index is 0.0256. The molecule has 198 valence electrons. The molecule has 0 aliphatic rings. The number of hydrogen-bond donors (Lipinski definition) is 1. The molecule has 0 heterocycles. The highest BCUT2D eigenvalue weighted by Gasteiger charge is 2.18. The SMILES string of the molecule is CCc1ccc(OC(C)CCOc2ccc(OC(C)(C)C)c(C)c2)c(C(=O)c2ccccc2)c1.O=CO. The molecule has 0 amide bonds. The zero-order chi connectivity index (χ0) is 27.4. The summed E-state index contributed by atoms with van der Waals surface area (Å²) in [5, 5.41) is 6.89. The minimum atomic E-state index is -0.250. The summed E-state index contributed by atoms with van der Waals surface area (Å²) in [7, 11) is 0. The first-order valence-corrected chi connectivity index (χ1v) is 12.5. The number of benzene rings is 3. The molecule has 3 aromatic carbocycles. The molecule has 1 atom stereocenters. The van der Waals surface area contributed by atoms with Gasteiger partial charge in [0.1, 0.15) is 22.8 Å². The van der Waals surface area contributed by atoms with Gasteiger partial charge in [-0.25, -0.2) is 0 Å². The molecule has 0 saturated carbocycles. The first kappa shape index (κ1) is 29.4. The second-order valence-electron chi connectivity index (χ2n) is 9.69. The molecule has 0 aliphatic carbocycles. The molecule has 6 nitrogen and oxygen atoms in total. The summed E-state index contributed by atoms with van der Waals surface area (Å²) in [5.41, 5.74) is 3.17. The molecule has 3 rings (SSSR count). The van der Waals surface area contributed by atoms with Crippen LogP contribution < -0.4 is 14.2 Å². The number of ketones is 1. The molecule has 1 unspecified atom stereocenters. The maximum atomic E-state index is 13.1. The van der Waals surface area contributed by atoms with E-state index in [1.807, 2.05) is 101 Å². The Bertz CT molecular complexity index is 1150. The summed E-state index contributed by atoms with van der Waals surface area (Å²) in [5.74, 6) is 2.25. The van der Waals surface area contributed by atoms with Gasteiger partial charge in [0.15, 0.2) is 5.78 Å². The van der Waals surface area contributed by atoms with Crippen LogP contribution in [-0.4, -0.2) is 35.7 Å². The lowest BCUT2D eigenvalue weighted by atomic mass is 9.99. The van der Waals surface area contributed by atoms with Crippen LogP contribution in [0.25, 0.3) is 0 Å². The number of carbonyl (C=O) groups excluding carboxylic acids is 1. The summed E-state index contributed by atoms with van der Waals surface area (Å²) in [4.78, 5) is 21.5. The Morgan fingerprint density at radius 3 is 2.24 bits per heavy atom. The van der Waals surface area contributed by atoms with E-state index in [0.717, 1.165) is 29.0 Å². The monoisotopic (exact) mass is 506 g/mol. The number of rotatable bonds is 10. The van der Waals surface area contributed by atoms with E-state index < -0.39 is 0 Å². The van der Waals surface area contributed by atoms with Crippen molar-refractivity contribution in [3.63, 3.8) is 0 Å². The molecule has 0 radical (unpaired) electrons. The third kappa shape index (κ3) is 9.64.